The van der Waals surface area contributed by atoms with Gasteiger partial charge in [-0.15, -0.1) is 0 Å². The first kappa shape index (κ1) is 10.3. The summed E-state index contributed by atoms with van der Waals surface area (Å²) < 4.78 is 12.9. The Bertz CT molecular complexity index is 467. The Morgan fingerprint density at radius 2 is 2.12 bits per heavy atom. The van der Waals surface area contributed by atoms with Crippen LogP contribution in [-0.2, 0) is 4.84 Å². The van der Waals surface area contributed by atoms with Crippen molar-refractivity contribution in [1.29, 1.82) is 0 Å². The molecule has 0 aliphatic carbocycles. The van der Waals surface area contributed by atoms with Gasteiger partial charge in [0.2, 0.25) is 6.23 Å². The first-order chi connectivity index (χ1) is 8.34. The Hall–Kier alpha value is -1.84. The molecule has 3 rings (SSSR count). The first-order valence-corrected chi connectivity index (χ1v) is 5.77. The minimum absolute atomic E-state index is 0.214. The van der Waals surface area contributed by atoms with Gasteiger partial charge in [0.25, 0.3) is 0 Å². The predicted molar refractivity (Wildman–Crippen MR) is 62.7 cm³/mol. The van der Waals surface area contributed by atoms with E-state index in [1.807, 2.05) is 6.08 Å². The monoisotopic (exact) mass is 232 g/mol. The molecular formula is C13H13FN2O. The molecule has 0 radical (unpaired) electrons. The van der Waals surface area contributed by atoms with Gasteiger partial charge in [-0.1, -0.05) is 23.4 Å². The molecule has 0 spiro atoms. The Kier molecular flexibility index (Phi) is 2.55. The van der Waals surface area contributed by atoms with Gasteiger partial charge < -0.3 is 9.74 Å². The second-order valence-electron chi connectivity index (χ2n) is 4.20. The average molecular weight is 232 g/mol. The highest BCUT2D eigenvalue weighted by atomic mass is 19.1. The topological polar surface area (TPSA) is 24.8 Å². The number of allylic oxidation sites excluding steroid dienone is 1. The van der Waals surface area contributed by atoms with Crippen molar-refractivity contribution in [2.75, 3.05) is 6.54 Å². The summed E-state index contributed by atoms with van der Waals surface area (Å²) in [6.07, 6.45) is 6.02. The molecule has 0 fully saturated rings. The zero-order valence-corrected chi connectivity index (χ0v) is 9.34. The summed E-state index contributed by atoms with van der Waals surface area (Å²) in [7, 11) is 0. The van der Waals surface area contributed by atoms with Gasteiger partial charge in [-0.25, -0.2) is 4.39 Å². The van der Waals surface area contributed by atoms with Crippen molar-refractivity contribution in [1.82, 2.24) is 4.90 Å². The first-order valence-electron chi connectivity index (χ1n) is 5.77. The second-order valence-corrected chi connectivity index (χ2v) is 4.20. The summed E-state index contributed by atoms with van der Waals surface area (Å²) in [6.45, 7) is 0.911. The highest BCUT2D eigenvalue weighted by Gasteiger charge is 2.30. The highest BCUT2D eigenvalue weighted by molar-refractivity contribution is 5.93. The molecule has 1 aromatic carbocycles. The largest absolute Gasteiger partial charge is 0.363 e. The highest BCUT2D eigenvalue weighted by Crippen LogP contribution is 2.29. The molecule has 2 aliphatic rings. The van der Waals surface area contributed by atoms with Gasteiger partial charge in [0.1, 0.15) is 5.82 Å². The van der Waals surface area contributed by atoms with Crippen molar-refractivity contribution in [3.05, 3.63) is 47.8 Å². The Labute approximate surface area is 99.2 Å². The summed E-state index contributed by atoms with van der Waals surface area (Å²) in [5.41, 5.74) is 0.931. The van der Waals surface area contributed by atoms with Crippen molar-refractivity contribution in [3.63, 3.8) is 0 Å². The Morgan fingerprint density at radius 1 is 1.29 bits per heavy atom. The zero-order chi connectivity index (χ0) is 11.7. The van der Waals surface area contributed by atoms with Crippen LogP contribution in [0.2, 0.25) is 0 Å². The van der Waals surface area contributed by atoms with Crippen LogP contribution in [0.3, 0.4) is 0 Å². The maximum atomic E-state index is 12.9. The van der Waals surface area contributed by atoms with Crippen LogP contribution in [0.5, 0.6) is 0 Å². The van der Waals surface area contributed by atoms with Crippen molar-refractivity contribution < 1.29 is 9.23 Å². The lowest BCUT2D eigenvalue weighted by atomic mass is 10.1. The van der Waals surface area contributed by atoms with E-state index >= 15 is 0 Å². The lowest BCUT2D eigenvalue weighted by Crippen LogP contribution is -2.29. The molecule has 1 aromatic rings. The Balaban J connectivity index is 1.86. The van der Waals surface area contributed by atoms with Crippen LogP contribution in [0, 0.1) is 5.82 Å². The van der Waals surface area contributed by atoms with Gasteiger partial charge in [-0.05, 0) is 31.1 Å². The summed E-state index contributed by atoms with van der Waals surface area (Å²) in [6, 6.07) is 6.38. The van der Waals surface area contributed by atoms with E-state index in [2.05, 4.69) is 16.1 Å². The van der Waals surface area contributed by atoms with Crippen molar-refractivity contribution >= 4 is 5.84 Å². The molecule has 1 unspecified atom stereocenters. The predicted octanol–water partition coefficient (Wildman–Crippen LogP) is 2.82. The van der Waals surface area contributed by atoms with E-state index in [4.69, 9.17) is 4.84 Å². The third kappa shape index (κ3) is 1.90. The molecule has 0 saturated carbocycles. The molecule has 0 aromatic heterocycles. The lowest BCUT2D eigenvalue weighted by Gasteiger charge is -2.23. The van der Waals surface area contributed by atoms with Gasteiger partial charge in [-0.3, -0.25) is 0 Å². The maximum absolute atomic E-state index is 12.9. The Morgan fingerprint density at radius 3 is 2.94 bits per heavy atom. The van der Waals surface area contributed by atoms with Crippen LogP contribution < -0.4 is 0 Å². The normalized spacial score (nSPS) is 22.8. The van der Waals surface area contributed by atoms with Crippen LogP contribution in [0.25, 0.3) is 0 Å². The zero-order valence-electron chi connectivity index (χ0n) is 9.34. The van der Waals surface area contributed by atoms with E-state index < -0.39 is 0 Å². The minimum atomic E-state index is -0.233. The maximum Gasteiger partial charge on any atom is 0.227 e. The second kappa shape index (κ2) is 4.20. The number of oxime groups is 1. The smallest absolute Gasteiger partial charge is 0.227 e. The third-order valence-corrected chi connectivity index (χ3v) is 3.02. The summed E-state index contributed by atoms with van der Waals surface area (Å²) in [5, 5.41) is 4.06. The molecular weight excluding hydrogens is 219 g/mol. The fourth-order valence-corrected chi connectivity index (χ4v) is 2.13. The quantitative estimate of drug-likeness (QED) is 0.743. The summed E-state index contributed by atoms with van der Waals surface area (Å²) in [4.78, 5) is 7.53. The van der Waals surface area contributed by atoms with E-state index in [0.29, 0.717) is 0 Å². The SMILES string of the molecule is Fc1ccc(C2ON=C3C=CCCCN32)cc1. The van der Waals surface area contributed by atoms with Crippen LogP contribution in [-0.4, -0.2) is 17.3 Å². The van der Waals surface area contributed by atoms with Crippen molar-refractivity contribution in [2.24, 2.45) is 5.16 Å². The number of benzene rings is 1. The summed E-state index contributed by atoms with van der Waals surface area (Å²) in [5.74, 6) is 0.625. The van der Waals surface area contributed by atoms with Gasteiger partial charge in [0, 0.05) is 12.1 Å². The molecule has 4 heteroatoms. The molecule has 0 amide bonds. The van der Waals surface area contributed by atoms with Crippen molar-refractivity contribution in [3.8, 4) is 0 Å². The molecule has 0 saturated heterocycles. The number of rotatable bonds is 1. The van der Waals surface area contributed by atoms with E-state index in [0.717, 1.165) is 30.8 Å². The number of hydrogen-bond acceptors (Lipinski definition) is 3. The molecule has 3 nitrogen and oxygen atoms in total. The van der Waals surface area contributed by atoms with E-state index in [-0.39, 0.29) is 12.0 Å². The summed E-state index contributed by atoms with van der Waals surface area (Å²) >= 11 is 0. The van der Waals surface area contributed by atoms with Crippen LogP contribution in [0.4, 0.5) is 4.39 Å². The van der Waals surface area contributed by atoms with Gasteiger partial charge in [-0.2, -0.15) is 0 Å². The van der Waals surface area contributed by atoms with Crippen LogP contribution >= 0.6 is 0 Å². The number of hydrogen-bond donors (Lipinski definition) is 0. The fraction of sp³-hybridized carbons (Fsp3) is 0.308. The number of nitrogens with zero attached hydrogens (tertiary/aromatic N) is 2. The third-order valence-electron chi connectivity index (χ3n) is 3.02. The van der Waals surface area contributed by atoms with E-state index in [9.17, 15) is 4.39 Å². The molecule has 1 atom stereocenters. The van der Waals surface area contributed by atoms with E-state index in [1.54, 1.807) is 12.1 Å². The standard InChI is InChI=1S/C13H13FN2O/c14-11-7-5-10(6-8-11)13-16-9-3-1-2-4-12(16)15-17-13/h2,4-8,13H,1,3,9H2. The van der Waals surface area contributed by atoms with E-state index in [1.165, 1.54) is 12.1 Å². The van der Waals surface area contributed by atoms with Crippen LogP contribution in [0.1, 0.15) is 24.6 Å². The number of fused-ring (bicyclic) bond motifs is 1. The van der Waals surface area contributed by atoms with Crippen LogP contribution in [0.15, 0.2) is 41.6 Å². The molecule has 2 heterocycles. The molecule has 0 bridgehead atoms. The number of amidine groups is 1. The molecule has 2 aliphatic heterocycles. The minimum Gasteiger partial charge on any atom is -0.363 e. The average Bonchev–Trinajstić information content (AvgIpc) is 2.60. The molecule has 17 heavy (non-hydrogen) atoms. The van der Waals surface area contributed by atoms with Gasteiger partial charge in [0.15, 0.2) is 5.84 Å². The van der Waals surface area contributed by atoms with Gasteiger partial charge >= 0.3 is 0 Å². The van der Waals surface area contributed by atoms with Crippen molar-refractivity contribution in [2.45, 2.75) is 19.1 Å². The number of halogens is 1. The molecule has 88 valence electrons. The molecule has 0 N–H and O–H groups in total. The van der Waals surface area contributed by atoms with Gasteiger partial charge in [0.05, 0.1) is 0 Å². The lowest BCUT2D eigenvalue weighted by molar-refractivity contribution is 0.00888. The fourth-order valence-electron chi connectivity index (χ4n) is 2.13.